The lowest BCUT2D eigenvalue weighted by molar-refractivity contribution is -0.117. The van der Waals surface area contributed by atoms with Gasteiger partial charge < -0.3 is 15.2 Å². The molecule has 1 aromatic carbocycles. The summed E-state index contributed by atoms with van der Waals surface area (Å²) in [6.07, 6.45) is 1.61. The normalized spacial score (nSPS) is 17.1. The molecule has 0 bridgehead atoms. The Morgan fingerprint density at radius 2 is 2.00 bits per heavy atom. The number of hydrogen-bond donors (Lipinski definition) is 2. The molecule has 1 aliphatic heterocycles. The first-order valence-corrected chi connectivity index (χ1v) is 7.63. The maximum absolute atomic E-state index is 12.4. The van der Waals surface area contributed by atoms with Crippen molar-refractivity contribution in [2.24, 2.45) is 7.05 Å². The molecule has 2 aromatic rings. The summed E-state index contributed by atoms with van der Waals surface area (Å²) in [5.74, 6) is -0.763. The van der Waals surface area contributed by atoms with Crippen LogP contribution in [-0.2, 0) is 11.8 Å². The minimum Gasteiger partial charge on any atom is -0.345 e. The average Bonchev–Trinajstić information content (AvgIpc) is 2.99. The lowest BCUT2D eigenvalue weighted by Gasteiger charge is -2.17. The molecule has 124 valence electrons. The van der Waals surface area contributed by atoms with Gasteiger partial charge in [0, 0.05) is 13.2 Å². The summed E-state index contributed by atoms with van der Waals surface area (Å²) in [5, 5.41) is 5.71. The molecule has 4 amide bonds. The Kier molecular flexibility index (Phi) is 4.02. The lowest BCUT2D eigenvalue weighted by Crippen LogP contribution is -2.32. The molecule has 0 radical (unpaired) electrons. The number of aryl methyl sites for hydroxylation is 1. The number of amides is 4. The van der Waals surface area contributed by atoms with Crippen LogP contribution in [0.2, 0.25) is 5.02 Å². The number of rotatable bonds is 3. The monoisotopic (exact) mass is 346 g/mol. The first-order valence-electron chi connectivity index (χ1n) is 7.25. The van der Waals surface area contributed by atoms with Crippen LogP contribution in [-0.4, -0.2) is 28.5 Å². The minimum absolute atomic E-state index is 0.318. The van der Waals surface area contributed by atoms with Gasteiger partial charge in [-0.2, -0.15) is 0 Å². The predicted octanol–water partition coefficient (Wildman–Crippen LogP) is 2.38. The summed E-state index contributed by atoms with van der Waals surface area (Å²) in [6, 6.07) is 7.04. The molecular formula is C16H15ClN4O3. The van der Waals surface area contributed by atoms with E-state index in [1.54, 1.807) is 49.0 Å². The van der Waals surface area contributed by atoms with Crippen molar-refractivity contribution >= 4 is 40.8 Å². The van der Waals surface area contributed by atoms with Crippen molar-refractivity contribution in [1.29, 1.82) is 0 Å². The van der Waals surface area contributed by atoms with Gasteiger partial charge in [-0.05, 0) is 25.1 Å². The molecule has 24 heavy (non-hydrogen) atoms. The van der Waals surface area contributed by atoms with Gasteiger partial charge in [0.05, 0.1) is 16.4 Å². The molecule has 0 spiro atoms. The number of urea groups is 1. The van der Waals surface area contributed by atoms with Gasteiger partial charge in [-0.1, -0.05) is 23.7 Å². The molecule has 1 aliphatic rings. The largest absolute Gasteiger partial charge is 0.345 e. The number of halogens is 1. The fraction of sp³-hybridized carbons (Fsp3) is 0.188. The zero-order valence-electron chi connectivity index (χ0n) is 13.0. The van der Waals surface area contributed by atoms with Crippen LogP contribution < -0.4 is 15.5 Å². The number of imide groups is 1. The zero-order valence-corrected chi connectivity index (χ0v) is 13.8. The molecule has 0 unspecified atom stereocenters. The summed E-state index contributed by atoms with van der Waals surface area (Å²) in [7, 11) is 1.70. The highest BCUT2D eigenvalue weighted by Crippen LogP contribution is 2.29. The number of anilines is 2. The molecule has 1 atom stereocenters. The van der Waals surface area contributed by atoms with Crippen molar-refractivity contribution in [3.05, 3.63) is 47.2 Å². The standard InChI is InChI=1S/C16H15ClN4O3/c1-9-15(23)21(16(24)18-9)12-6-4-3-5-11(12)19-14(22)13-7-10(17)8-20(13)2/h3-9H,1-2H3,(H,18,24)(H,19,22)/t9-/m0/s1. The van der Waals surface area contributed by atoms with Crippen molar-refractivity contribution in [1.82, 2.24) is 9.88 Å². The van der Waals surface area contributed by atoms with E-state index >= 15 is 0 Å². The van der Waals surface area contributed by atoms with E-state index in [2.05, 4.69) is 10.6 Å². The topological polar surface area (TPSA) is 83.4 Å². The highest BCUT2D eigenvalue weighted by molar-refractivity contribution is 6.31. The second-order valence-electron chi connectivity index (χ2n) is 5.47. The minimum atomic E-state index is -0.604. The van der Waals surface area contributed by atoms with E-state index in [4.69, 9.17) is 11.6 Å². The molecule has 8 heteroatoms. The third-order valence-corrected chi connectivity index (χ3v) is 3.94. The Labute approximate surface area is 143 Å². The van der Waals surface area contributed by atoms with Crippen molar-refractivity contribution in [2.75, 3.05) is 10.2 Å². The quantitative estimate of drug-likeness (QED) is 0.837. The predicted molar refractivity (Wildman–Crippen MR) is 90.3 cm³/mol. The van der Waals surface area contributed by atoms with Crippen LogP contribution in [0.3, 0.4) is 0 Å². The Morgan fingerprint density at radius 1 is 1.29 bits per heavy atom. The van der Waals surface area contributed by atoms with Gasteiger partial charge in [-0.15, -0.1) is 0 Å². The lowest BCUT2D eigenvalue weighted by atomic mass is 10.2. The summed E-state index contributed by atoms with van der Waals surface area (Å²) in [4.78, 5) is 37.7. The number of aromatic nitrogens is 1. The Hall–Kier alpha value is -2.80. The molecule has 1 saturated heterocycles. The Balaban J connectivity index is 1.93. The SMILES string of the molecule is C[C@@H]1NC(=O)N(c2ccccc2NC(=O)c2cc(Cl)cn2C)C1=O. The molecule has 1 aromatic heterocycles. The average molecular weight is 347 g/mol. The maximum atomic E-state index is 12.4. The number of carbonyl (C=O) groups excluding carboxylic acids is 3. The molecule has 0 saturated carbocycles. The second-order valence-corrected chi connectivity index (χ2v) is 5.91. The Morgan fingerprint density at radius 3 is 2.58 bits per heavy atom. The van der Waals surface area contributed by atoms with Crippen LogP contribution in [0.15, 0.2) is 36.5 Å². The third kappa shape index (κ3) is 2.74. The molecule has 2 heterocycles. The van der Waals surface area contributed by atoms with Crippen LogP contribution in [0.25, 0.3) is 0 Å². The van der Waals surface area contributed by atoms with E-state index in [9.17, 15) is 14.4 Å². The van der Waals surface area contributed by atoms with E-state index in [0.29, 0.717) is 22.1 Å². The van der Waals surface area contributed by atoms with E-state index in [0.717, 1.165) is 4.90 Å². The molecule has 7 nitrogen and oxygen atoms in total. The van der Waals surface area contributed by atoms with E-state index < -0.39 is 18.0 Å². The van der Waals surface area contributed by atoms with Gasteiger partial charge in [0.25, 0.3) is 11.8 Å². The van der Waals surface area contributed by atoms with Crippen LogP contribution in [0, 0.1) is 0 Å². The van der Waals surface area contributed by atoms with Gasteiger partial charge in [0.1, 0.15) is 11.7 Å². The number of para-hydroxylation sites is 2. The Bertz CT molecular complexity index is 846. The molecular weight excluding hydrogens is 332 g/mol. The van der Waals surface area contributed by atoms with E-state index in [-0.39, 0.29) is 5.91 Å². The van der Waals surface area contributed by atoms with Crippen LogP contribution in [0.1, 0.15) is 17.4 Å². The molecule has 2 N–H and O–H groups in total. The highest BCUT2D eigenvalue weighted by atomic mass is 35.5. The van der Waals surface area contributed by atoms with Crippen LogP contribution in [0.4, 0.5) is 16.2 Å². The highest BCUT2D eigenvalue weighted by Gasteiger charge is 2.37. The first kappa shape index (κ1) is 16.1. The summed E-state index contributed by atoms with van der Waals surface area (Å²) in [5.41, 5.74) is 1.04. The second kappa shape index (κ2) is 6.01. The number of hydrogen-bond acceptors (Lipinski definition) is 3. The van der Waals surface area contributed by atoms with Crippen molar-refractivity contribution in [3.8, 4) is 0 Å². The van der Waals surface area contributed by atoms with Gasteiger partial charge in [-0.3, -0.25) is 9.59 Å². The third-order valence-electron chi connectivity index (χ3n) is 3.73. The van der Waals surface area contributed by atoms with Crippen LogP contribution >= 0.6 is 11.6 Å². The zero-order chi connectivity index (χ0) is 17.4. The smallest absolute Gasteiger partial charge is 0.329 e. The summed E-state index contributed by atoms with van der Waals surface area (Å²) >= 11 is 5.90. The van der Waals surface area contributed by atoms with Crippen molar-refractivity contribution in [2.45, 2.75) is 13.0 Å². The van der Waals surface area contributed by atoms with Gasteiger partial charge >= 0.3 is 6.03 Å². The summed E-state index contributed by atoms with van der Waals surface area (Å²) in [6.45, 7) is 1.60. The fourth-order valence-corrected chi connectivity index (χ4v) is 2.79. The van der Waals surface area contributed by atoms with Crippen LogP contribution in [0.5, 0.6) is 0 Å². The van der Waals surface area contributed by atoms with Gasteiger partial charge in [0.15, 0.2) is 0 Å². The fourth-order valence-electron chi connectivity index (χ4n) is 2.54. The molecule has 1 fully saturated rings. The van der Waals surface area contributed by atoms with Crippen molar-refractivity contribution < 1.29 is 14.4 Å². The number of nitrogens with one attached hydrogen (secondary N) is 2. The molecule has 3 rings (SSSR count). The maximum Gasteiger partial charge on any atom is 0.329 e. The number of benzene rings is 1. The number of carbonyl (C=O) groups is 3. The first-order chi connectivity index (χ1) is 11.4. The molecule has 0 aliphatic carbocycles. The van der Waals surface area contributed by atoms with Gasteiger partial charge in [0.2, 0.25) is 0 Å². The summed E-state index contributed by atoms with van der Waals surface area (Å²) < 4.78 is 1.59. The van der Waals surface area contributed by atoms with Gasteiger partial charge in [-0.25, -0.2) is 9.69 Å². The van der Waals surface area contributed by atoms with E-state index in [1.165, 1.54) is 6.07 Å². The number of nitrogens with zero attached hydrogens (tertiary/aromatic N) is 2. The van der Waals surface area contributed by atoms with E-state index in [1.807, 2.05) is 0 Å². The van der Waals surface area contributed by atoms with Crippen molar-refractivity contribution in [3.63, 3.8) is 0 Å².